The first kappa shape index (κ1) is 31.3. The Kier molecular flexibility index (Phi) is 11.2. The zero-order valence-electron chi connectivity index (χ0n) is 24.2. The van der Waals surface area contributed by atoms with Gasteiger partial charge in [-0.25, -0.2) is 9.18 Å². The van der Waals surface area contributed by atoms with Gasteiger partial charge in [-0.15, -0.1) is 0 Å². The highest BCUT2D eigenvalue weighted by Crippen LogP contribution is 2.26. The normalized spacial score (nSPS) is 18.4. The second-order valence-corrected chi connectivity index (χ2v) is 10.4. The zero-order chi connectivity index (χ0) is 30.1. The summed E-state index contributed by atoms with van der Waals surface area (Å²) in [6.07, 6.45) is -0.106. The lowest BCUT2D eigenvalue weighted by molar-refractivity contribution is -0.134. The summed E-state index contributed by atoms with van der Waals surface area (Å²) in [4.78, 5) is 27.3. The van der Waals surface area contributed by atoms with Crippen LogP contribution in [0.25, 0.3) is 22.2 Å². The second kappa shape index (κ2) is 15.0. The number of benzene rings is 2. The molecule has 42 heavy (non-hydrogen) atoms. The minimum absolute atomic E-state index is 0.00283. The third-order valence-electron chi connectivity index (χ3n) is 7.42. The highest BCUT2D eigenvalue weighted by molar-refractivity contribution is 5.82. The highest BCUT2D eigenvalue weighted by atomic mass is 19.1. The van der Waals surface area contributed by atoms with Crippen molar-refractivity contribution in [2.45, 2.75) is 37.6 Å². The Morgan fingerprint density at radius 3 is 2.76 bits per heavy atom. The molecule has 2 heterocycles. The summed E-state index contributed by atoms with van der Waals surface area (Å²) in [6, 6.07) is 11.1. The van der Waals surface area contributed by atoms with Gasteiger partial charge in [0.15, 0.2) is 5.58 Å². The molecule has 0 aliphatic carbocycles. The molecule has 0 spiro atoms. The minimum atomic E-state index is -0.933. The molecule has 0 unspecified atom stereocenters. The molecule has 1 amide bonds. The van der Waals surface area contributed by atoms with Crippen molar-refractivity contribution in [3.63, 3.8) is 0 Å². The van der Waals surface area contributed by atoms with Crippen molar-refractivity contribution in [1.82, 2.24) is 20.1 Å². The van der Waals surface area contributed by atoms with E-state index in [0.717, 1.165) is 6.54 Å². The van der Waals surface area contributed by atoms with Gasteiger partial charge in [0.25, 0.3) is 5.91 Å². The van der Waals surface area contributed by atoms with Crippen LogP contribution in [-0.2, 0) is 32.0 Å². The predicted octanol–water partition coefficient (Wildman–Crippen LogP) is 1.92. The Morgan fingerprint density at radius 2 is 2.02 bits per heavy atom. The summed E-state index contributed by atoms with van der Waals surface area (Å²) in [6.45, 7) is 3.62. The van der Waals surface area contributed by atoms with E-state index in [1.807, 2.05) is 7.05 Å². The number of methoxy groups -OCH3 is 2. The van der Waals surface area contributed by atoms with Gasteiger partial charge in [0.2, 0.25) is 0 Å². The van der Waals surface area contributed by atoms with Crippen molar-refractivity contribution in [3.8, 4) is 17.2 Å². The number of carbonyl (C=O) groups is 1. The van der Waals surface area contributed by atoms with Crippen LogP contribution in [0.1, 0.15) is 12.0 Å². The number of hydrogen-bond acceptors (Lipinski definition) is 9. The molecule has 0 bridgehead atoms. The van der Waals surface area contributed by atoms with Gasteiger partial charge in [-0.2, -0.15) is 5.26 Å². The number of halogens is 1. The van der Waals surface area contributed by atoms with E-state index >= 15 is 4.39 Å². The van der Waals surface area contributed by atoms with E-state index in [-0.39, 0.29) is 19.1 Å². The fourth-order valence-corrected chi connectivity index (χ4v) is 4.84. The molecule has 1 saturated heterocycles. The molecule has 2 aromatic carbocycles. The molecule has 3 atom stereocenters. The standard InChI is InChI=1S/C30H38FN5O6/c1-35(11-13-39-2)9-10-36-26-16-21(6-7-27(26)42-30(36)38)20-4-5-22(25(31)15-20)14-23(17-32)34-29(37)28-19-33-18-24(40-3)8-12-41-28/h4-7,15-16,23-24,28,33H,8-14,18-19H2,1-3H3,(H,34,37)/t23-,24-,28-/m0/s1. The molecule has 226 valence electrons. The van der Waals surface area contributed by atoms with Crippen LogP contribution in [0.2, 0.25) is 0 Å². The van der Waals surface area contributed by atoms with Gasteiger partial charge in [0.05, 0.1) is 30.9 Å². The number of carbonyl (C=O) groups excluding carboxylic acids is 1. The highest BCUT2D eigenvalue weighted by Gasteiger charge is 2.25. The number of ether oxygens (including phenoxy) is 3. The lowest BCUT2D eigenvalue weighted by Crippen LogP contribution is -2.49. The van der Waals surface area contributed by atoms with Crippen LogP contribution in [0.3, 0.4) is 0 Å². The van der Waals surface area contributed by atoms with Crippen LogP contribution >= 0.6 is 0 Å². The van der Waals surface area contributed by atoms with Crippen molar-refractivity contribution in [2.75, 3.05) is 60.7 Å². The smallest absolute Gasteiger partial charge is 0.408 e. The molecule has 0 saturated carbocycles. The Labute approximate surface area is 244 Å². The Morgan fingerprint density at radius 1 is 1.24 bits per heavy atom. The number of aromatic nitrogens is 1. The van der Waals surface area contributed by atoms with E-state index in [1.54, 1.807) is 49.1 Å². The van der Waals surface area contributed by atoms with E-state index in [0.29, 0.717) is 67.1 Å². The maximum Gasteiger partial charge on any atom is 0.419 e. The average molecular weight is 584 g/mol. The first-order chi connectivity index (χ1) is 20.3. The van der Waals surface area contributed by atoms with Crippen LogP contribution < -0.4 is 16.4 Å². The maximum atomic E-state index is 15.2. The number of nitriles is 1. The number of rotatable bonds is 12. The van der Waals surface area contributed by atoms with Gasteiger partial charge in [-0.05, 0) is 48.4 Å². The van der Waals surface area contributed by atoms with E-state index in [9.17, 15) is 14.9 Å². The van der Waals surface area contributed by atoms with Crippen molar-refractivity contribution < 1.29 is 27.8 Å². The largest absolute Gasteiger partial charge is 0.419 e. The molecule has 12 heteroatoms. The zero-order valence-corrected chi connectivity index (χ0v) is 24.2. The van der Waals surface area contributed by atoms with Crippen LogP contribution in [-0.4, -0.2) is 94.3 Å². The number of fused-ring (bicyclic) bond motifs is 1. The summed E-state index contributed by atoms with van der Waals surface area (Å²) < 4.78 is 38.3. The summed E-state index contributed by atoms with van der Waals surface area (Å²) in [7, 11) is 5.22. The summed E-state index contributed by atoms with van der Waals surface area (Å²) in [5.41, 5.74) is 2.69. The van der Waals surface area contributed by atoms with E-state index in [4.69, 9.17) is 18.6 Å². The molecule has 1 aliphatic heterocycles. The molecular formula is C30H38FN5O6. The maximum absolute atomic E-state index is 15.2. The second-order valence-electron chi connectivity index (χ2n) is 10.4. The van der Waals surface area contributed by atoms with Crippen LogP contribution in [0.5, 0.6) is 0 Å². The number of oxazole rings is 1. The van der Waals surface area contributed by atoms with Crippen LogP contribution in [0, 0.1) is 17.1 Å². The third kappa shape index (κ3) is 8.02. The number of nitrogens with one attached hydrogen (secondary N) is 2. The topological polar surface area (TPSA) is 131 Å². The SMILES string of the molecule is COCCN(C)CCn1c(=O)oc2ccc(-c3ccc(C[C@@H](C#N)NC(=O)[C@@H]4CNC[C@@H](OC)CCO4)c(F)c3)cc21. The minimum Gasteiger partial charge on any atom is -0.408 e. The molecule has 1 fully saturated rings. The summed E-state index contributed by atoms with van der Waals surface area (Å²) in [5.74, 6) is -1.37. The Hall–Kier alpha value is -3.60. The fraction of sp³-hybridized carbons (Fsp3) is 0.500. The monoisotopic (exact) mass is 583 g/mol. The van der Waals surface area contributed by atoms with Crippen molar-refractivity contribution in [1.29, 1.82) is 5.26 Å². The van der Waals surface area contributed by atoms with E-state index in [1.165, 1.54) is 6.07 Å². The van der Waals surface area contributed by atoms with E-state index < -0.39 is 29.6 Å². The molecular weight excluding hydrogens is 545 g/mol. The van der Waals surface area contributed by atoms with Gasteiger partial charge >= 0.3 is 5.76 Å². The van der Waals surface area contributed by atoms with Gasteiger partial charge in [0, 0.05) is 53.4 Å². The molecule has 0 radical (unpaired) electrons. The van der Waals surface area contributed by atoms with Crippen molar-refractivity contribution in [2.24, 2.45) is 0 Å². The molecule has 2 N–H and O–H groups in total. The van der Waals surface area contributed by atoms with Crippen molar-refractivity contribution >= 4 is 17.0 Å². The van der Waals surface area contributed by atoms with Gasteiger partial charge < -0.3 is 34.2 Å². The number of nitrogens with zero attached hydrogens (tertiary/aromatic N) is 3. The fourth-order valence-electron chi connectivity index (χ4n) is 4.84. The molecule has 4 rings (SSSR count). The molecule has 3 aromatic rings. The first-order valence-electron chi connectivity index (χ1n) is 14.0. The lowest BCUT2D eigenvalue weighted by atomic mass is 10.00. The average Bonchev–Trinajstić information content (AvgIpc) is 3.29. The quantitative estimate of drug-likeness (QED) is 0.328. The molecule has 11 nitrogen and oxygen atoms in total. The number of hydrogen-bond donors (Lipinski definition) is 2. The number of likely N-dealkylation sites (N-methyl/N-ethyl adjacent to an activating group) is 1. The predicted molar refractivity (Wildman–Crippen MR) is 155 cm³/mol. The summed E-state index contributed by atoms with van der Waals surface area (Å²) in [5, 5.41) is 15.5. The van der Waals surface area contributed by atoms with Gasteiger partial charge in [0.1, 0.15) is 18.0 Å². The van der Waals surface area contributed by atoms with Crippen LogP contribution in [0.4, 0.5) is 4.39 Å². The van der Waals surface area contributed by atoms with Crippen LogP contribution in [0.15, 0.2) is 45.6 Å². The molecule has 1 aromatic heterocycles. The molecule has 1 aliphatic rings. The summed E-state index contributed by atoms with van der Waals surface area (Å²) >= 11 is 0. The number of amides is 1. The van der Waals surface area contributed by atoms with Gasteiger partial charge in [-0.1, -0.05) is 18.2 Å². The Bertz CT molecular complexity index is 1440. The van der Waals surface area contributed by atoms with Crippen molar-refractivity contribution in [3.05, 3.63) is 58.3 Å². The van der Waals surface area contributed by atoms with Gasteiger partial charge in [-0.3, -0.25) is 9.36 Å². The first-order valence-corrected chi connectivity index (χ1v) is 14.0. The lowest BCUT2D eigenvalue weighted by Gasteiger charge is -2.25. The Balaban J connectivity index is 1.43. The van der Waals surface area contributed by atoms with E-state index in [2.05, 4.69) is 21.6 Å². The third-order valence-corrected chi connectivity index (χ3v) is 7.42.